The van der Waals surface area contributed by atoms with Gasteiger partial charge >= 0.3 is 5.97 Å². The highest BCUT2D eigenvalue weighted by atomic mass is 35.5. The molecule has 0 unspecified atom stereocenters. The highest BCUT2D eigenvalue weighted by Crippen LogP contribution is 2.21. The number of carboxylic acids is 1. The van der Waals surface area contributed by atoms with Crippen molar-refractivity contribution in [2.24, 2.45) is 0 Å². The largest absolute Gasteiger partial charge is 0.478 e. The Kier molecular flexibility index (Phi) is 3.35. The number of carboxylic acid groups (broad SMARTS) is 1. The Morgan fingerprint density at radius 1 is 1.64 bits per heavy atom. The molecular weight excluding hydrogens is 216 g/mol. The number of hydrogen-bond donors (Lipinski definition) is 1. The van der Waals surface area contributed by atoms with Crippen LogP contribution in [0.3, 0.4) is 0 Å². The van der Waals surface area contributed by atoms with Crippen molar-refractivity contribution in [2.75, 3.05) is 0 Å². The molecule has 0 atom stereocenters. The van der Waals surface area contributed by atoms with E-state index < -0.39 is 23.7 Å². The van der Waals surface area contributed by atoms with E-state index >= 15 is 0 Å². The third-order valence-electron chi connectivity index (χ3n) is 1.57. The molecule has 0 saturated carbocycles. The van der Waals surface area contributed by atoms with Crippen molar-refractivity contribution < 1.29 is 18.7 Å². The van der Waals surface area contributed by atoms with Gasteiger partial charge in [0.25, 0.3) is 6.43 Å². The minimum Gasteiger partial charge on any atom is -0.478 e. The Hall–Kier alpha value is -1.23. The van der Waals surface area contributed by atoms with Gasteiger partial charge in [0.15, 0.2) is 0 Å². The Balaban J connectivity index is 3.24. The van der Waals surface area contributed by atoms with Crippen molar-refractivity contribution >= 4 is 17.6 Å². The molecule has 0 amide bonds. The maximum absolute atomic E-state index is 12.3. The second-order valence-corrected chi connectivity index (χ2v) is 2.78. The number of aromatic carboxylic acids is 1. The number of pyridine rings is 1. The number of alkyl halides is 3. The molecule has 0 aliphatic rings. The summed E-state index contributed by atoms with van der Waals surface area (Å²) in [6, 6.07) is 1.10. The van der Waals surface area contributed by atoms with Crippen LogP contribution >= 0.6 is 11.6 Å². The van der Waals surface area contributed by atoms with Gasteiger partial charge in [0.1, 0.15) is 5.69 Å². The fourth-order valence-corrected chi connectivity index (χ4v) is 1.08. The predicted molar refractivity (Wildman–Crippen MR) is 45.7 cm³/mol. The third-order valence-corrected chi connectivity index (χ3v) is 1.88. The first kappa shape index (κ1) is 10.8. The molecule has 76 valence electrons. The fraction of sp³-hybridized carbons (Fsp3) is 0.250. The van der Waals surface area contributed by atoms with Crippen LogP contribution in [-0.4, -0.2) is 16.1 Å². The van der Waals surface area contributed by atoms with Gasteiger partial charge in [-0.25, -0.2) is 13.6 Å². The van der Waals surface area contributed by atoms with E-state index in [9.17, 15) is 13.6 Å². The van der Waals surface area contributed by atoms with E-state index in [-0.39, 0.29) is 5.88 Å². The Morgan fingerprint density at radius 2 is 2.29 bits per heavy atom. The van der Waals surface area contributed by atoms with Crippen molar-refractivity contribution in [3.05, 3.63) is 29.1 Å². The van der Waals surface area contributed by atoms with Gasteiger partial charge in [0.05, 0.1) is 5.56 Å². The van der Waals surface area contributed by atoms with Crippen LogP contribution in [0.25, 0.3) is 0 Å². The molecule has 0 fully saturated rings. The zero-order valence-corrected chi connectivity index (χ0v) is 7.63. The first-order valence-corrected chi connectivity index (χ1v) is 4.16. The average molecular weight is 222 g/mol. The molecule has 1 heterocycles. The first-order chi connectivity index (χ1) is 6.56. The fourth-order valence-electron chi connectivity index (χ4n) is 0.937. The smallest absolute Gasteiger partial charge is 0.337 e. The molecule has 0 aliphatic heterocycles. The predicted octanol–water partition coefficient (Wildman–Crippen LogP) is 2.46. The van der Waals surface area contributed by atoms with Crippen LogP contribution in [0.2, 0.25) is 0 Å². The number of rotatable bonds is 3. The average Bonchev–Trinajstić information content (AvgIpc) is 2.16. The zero-order chi connectivity index (χ0) is 10.7. The summed E-state index contributed by atoms with van der Waals surface area (Å²) >= 11 is 5.42. The lowest BCUT2D eigenvalue weighted by Crippen LogP contribution is -2.06. The van der Waals surface area contributed by atoms with Crippen LogP contribution in [-0.2, 0) is 5.88 Å². The highest BCUT2D eigenvalue weighted by Gasteiger charge is 2.19. The quantitative estimate of drug-likeness (QED) is 0.798. The van der Waals surface area contributed by atoms with E-state index in [1.807, 2.05) is 0 Å². The summed E-state index contributed by atoms with van der Waals surface area (Å²) in [6.07, 6.45) is -1.76. The lowest BCUT2D eigenvalue weighted by atomic mass is 10.1. The zero-order valence-electron chi connectivity index (χ0n) is 6.88. The lowest BCUT2D eigenvalue weighted by Gasteiger charge is -2.04. The minimum atomic E-state index is -2.90. The number of carbonyl (C=O) groups is 1. The monoisotopic (exact) mass is 221 g/mol. The van der Waals surface area contributed by atoms with Crippen molar-refractivity contribution in [3.63, 3.8) is 0 Å². The van der Waals surface area contributed by atoms with Crippen molar-refractivity contribution in [1.82, 2.24) is 4.98 Å². The molecule has 1 aromatic rings. The Morgan fingerprint density at radius 3 is 2.71 bits per heavy atom. The van der Waals surface area contributed by atoms with Gasteiger partial charge in [0, 0.05) is 12.1 Å². The number of hydrogen-bond acceptors (Lipinski definition) is 2. The third kappa shape index (κ3) is 2.17. The van der Waals surface area contributed by atoms with Gasteiger partial charge in [-0.15, -0.1) is 11.6 Å². The molecule has 0 aliphatic carbocycles. The van der Waals surface area contributed by atoms with Gasteiger partial charge in [0.2, 0.25) is 0 Å². The van der Waals surface area contributed by atoms with Crippen LogP contribution in [0.15, 0.2) is 12.3 Å². The topological polar surface area (TPSA) is 50.2 Å². The first-order valence-electron chi connectivity index (χ1n) is 3.62. The molecule has 0 saturated heterocycles. The van der Waals surface area contributed by atoms with Gasteiger partial charge in [-0.3, -0.25) is 4.98 Å². The SMILES string of the molecule is O=C(O)c1cc(CCl)cnc1C(F)F. The van der Waals surface area contributed by atoms with Gasteiger partial charge in [-0.05, 0) is 11.6 Å². The second-order valence-electron chi connectivity index (χ2n) is 2.52. The molecule has 1 aromatic heterocycles. The molecule has 3 nitrogen and oxygen atoms in total. The van der Waals surface area contributed by atoms with Gasteiger partial charge in [-0.1, -0.05) is 0 Å². The number of nitrogens with zero attached hydrogens (tertiary/aromatic N) is 1. The van der Waals surface area contributed by atoms with Gasteiger partial charge in [-0.2, -0.15) is 0 Å². The van der Waals surface area contributed by atoms with Crippen LogP contribution in [0, 0.1) is 0 Å². The summed E-state index contributed by atoms with van der Waals surface area (Å²) in [5.74, 6) is -1.39. The molecule has 0 aromatic carbocycles. The summed E-state index contributed by atoms with van der Waals surface area (Å²) in [6.45, 7) is 0. The van der Waals surface area contributed by atoms with E-state index in [2.05, 4.69) is 4.98 Å². The van der Waals surface area contributed by atoms with Crippen molar-refractivity contribution in [1.29, 1.82) is 0 Å². The van der Waals surface area contributed by atoms with E-state index in [1.165, 1.54) is 0 Å². The standard InChI is InChI=1S/C8H6ClF2NO2/c9-2-4-1-5(8(13)14)6(7(10)11)12-3-4/h1,3,7H,2H2,(H,13,14). The summed E-state index contributed by atoms with van der Waals surface area (Å²) in [5.41, 5.74) is -0.835. The van der Waals surface area contributed by atoms with E-state index in [0.29, 0.717) is 5.56 Å². The number of halogens is 3. The van der Waals surface area contributed by atoms with Crippen molar-refractivity contribution in [3.8, 4) is 0 Å². The number of aromatic nitrogens is 1. The summed E-state index contributed by atoms with van der Waals surface area (Å²) in [4.78, 5) is 13.9. The van der Waals surface area contributed by atoms with Gasteiger partial charge < -0.3 is 5.11 Å². The Labute approximate surface area is 83.3 Å². The molecular formula is C8H6ClF2NO2. The summed E-state index contributed by atoms with van der Waals surface area (Å²) in [5, 5.41) is 8.62. The molecule has 0 spiro atoms. The highest BCUT2D eigenvalue weighted by molar-refractivity contribution is 6.17. The maximum Gasteiger partial charge on any atom is 0.337 e. The van der Waals surface area contributed by atoms with Crippen LogP contribution in [0.1, 0.15) is 28.0 Å². The molecule has 1 N–H and O–H groups in total. The molecule has 1 rings (SSSR count). The lowest BCUT2D eigenvalue weighted by molar-refractivity contribution is 0.0682. The molecule has 0 radical (unpaired) electrons. The van der Waals surface area contributed by atoms with Crippen LogP contribution in [0.5, 0.6) is 0 Å². The van der Waals surface area contributed by atoms with E-state index in [4.69, 9.17) is 16.7 Å². The maximum atomic E-state index is 12.3. The van der Waals surface area contributed by atoms with Crippen LogP contribution in [0.4, 0.5) is 8.78 Å². The summed E-state index contributed by atoms with van der Waals surface area (Å²) < 4.78 is 24.5. The molecule has 14 heavy (non-hydrogen) atoms. The summed E-state index contributed by atoms with van der Waals surface area (Å²) in [7, 11) is 0. The second kappa shape index (κ2) is 4.32. The molecule has 0 bridgehead atoms. The Bertz CT molecular complexity index is 357. The van der Waals surface area contributed by atoms with E-state index in [1.54, 1.807) is 0 Å². The molecule has 6 heteroatoms. The van der Waals surface area contributed by atoms with Crippen molar-refractivity contribution in [2.45, 2.75) is 12.3 Å². The minimum absolute atomic E-state index is 0.0385. The van der Waals surface area contributed by atoms with E-state index in [0.717, 1.165) is 12.3 Å². The van der Waals surface area contributed by atoms with Crippen LogP contribution < -0.4 is 0 Å². The normalized spacial score (nSPS) is 10.6.